The molecule has 1 atom stereocenters. The fraction of sp³-hybridized carbons (Fsp3) is 0.429. The number of fused-ring (bicyclic) bond motifs is 1. The summed E-state index contributed by atoms with van der Waals surface area (Å²) in [5, 5.41) is 0.462. The second-order valence-electron chi connectivity index (χ2n) is 7.90. The summed E-state index contributed by atoms with van der Waals surface area (Å²) in [6, 6.07) is 5.42. The quantitative estimate of drug-likeness (QED) is 0.585. The van der Waals surface area contributed by atoms with Crippen molar-refractivity contribution in [3.8, 4) is 5.69 Å². The normalized spacial score (nSPS) is 21.3. The van der Waals surface area contributed by atoms with Crippen molar-refractivity contribution in [3.05, 3.63) is 52.6 Å². The van der Waals surface area contributed by atoms with Gasteiger partial charge >= 0.3 is 6.18 Å². The van der Waals surface area contributed by atoms with Crippen molar-refractivity contribution in [3.63, 3.8) is 0 Å². The van der Waals surface area contributed by atoms with Crippen LogP contribution in [-0.2, 0) is 15.7 Å². The lowest BCUT2D eigenvalue weighted by molar-refractivity contribution is -0.178. The van der Waals surface area contributed by atoms with Crippen molar-refractivity contribution >= 4 is 26.6 Å². The van der Waals surface area contributed by atoms with Crippen LogP contribution in [0.5, 0.6) is 0 Å². The maximum absolute atomic E-state index is 13.5. The number of rotatable bonds is 2. The summed E-state index contributed by atoms with van der Waals surface area (Å²) in [5.74, 6) is -0.588. The van der Waals surface area contributed by atoms with Crippen LogP contribution in [0.1, 0.15) is 25.3 Å². The Kier molecular flexibility index (Phi) is 4.83. The molecule has 0 saturated carbocycles. The standard InChI is InChI=1S/C21H20F3N3O3S/c1-13-12-29-20(30-13)4-8-27(9-5-20)19-25-18(28)15-10-14(21(22,23)24)11-16(17(15)31-19)26-6-2-3-7-26/h2-3,6-7,10-11,13H,4-5,8-9,12H2,1H3/t13-/m0/s1. The van der Waals surface area contributed by atoms with E-state index in [9.17, 15) is 18.0 Å². The van der Waals surface area contributed by atoms with E-state index < -0.39 is 23.1 Å². The Morgan fingerprint density at radius 1 is 1.19 bits per heavy atom. The molecular formula is C21H20F3N3O3S. The number of aromatic nitrogens is 2. The van der Waals surface area contributed by atoms with E-state index in [2.05, 4.69) is 4.98 Å². The molecule has 4 heterocycles. The van der Waals surface area contributed by atoms with Crippen LogP contribution in [0.2, 0.25) is 0 Å². The van der Waals surface area contributed by atoms with E-state index >= 15 is 0 Å². The van der Waals surface area contributed by atoms with Gasteiger partial charge in [0.2, 0.25) is 0 Å². The van der Waals surface area contributed by atoms with Crippen molar-refractivity contribution in [2.24, 2.45) is 0 Å². The van der Waals surface area contributed by atoms with E-state index in [1.807, 2.05) is 11.8 Å². The molecule has 164 valence electrons. The van der Waals surface area contributed by atoms with Crippen LogP contribution in [0, 0.1) is 0 Å². The maximum atomic E-state index is 13.5. The van der Waals surface area contributed by atoms with E-state index in [1.54, 1.807) is 29.1 Å². The molecule has 0 unspecified atom stereocenters. The zero-order chi connectivity index (χ0) is 21.8. The zero-order valence-corrected chi connectivity index (χ0v) is 17.5. The molecule has 1 spiro atoms. The number of benzene rings is 1. The minimum atomic E-state index is -4.56. The lowest BCUT2D eigenvalue weighted by Crippen LogP contribution is -2.45. The lowest BCUT2D eigenvalue weighted by Gasteiger charge is -2.38. The number of hydrogen-bond acceptors (Lipinski definition) is 6. The van der Waals surface area contributed by atoms with Gasteiger partial charge in [-0.15, -0.1) is 0 Å². The average molecular weight is 451 g/mol. The van der Waals surface area contributed by atoms with Crippen molar-refractivity contribution in [2.45, 2.75) is 37.8 Å². The Morgan fingerprint density at radius 2 is 1.90 bits per heavy atom. The number of alkyl halides is 3. The molecule has 2 aromatic heterocycles. The summed E-state index contributed by atoms with van der Waals surface area (Å²) in [6.45, 7) is 3.69. The topological polar surface area (TPSA) is 56.6 Å². The summed E-state index contributed by atoms with van der Waals surface area (Å²) in [5.41, 5.74) is -1.22. The Labute approximate surface area is 179 Å². The maximum Gasteiger partial charge on any atom is 0.416 e. The summed E-state index contributed by atoms with van der Waals surface area (Å²) in [6.07, 6.45) is 0.0732. The van der Waals surface area contributed by atoms with Crippen molar-refractivity contribution < 1.29 is 22.6 Å². The highest BCUT2D eigenvalue weighted by atomic mass is 32.1. The first kappa shape index (κ1) is 20.5. The number of ether oxygens (including phenoxy) is 2. The summed E-state index contributed by atoms with van der Waals surface area (Å²) >= 11 is 1.23. The van der Waals surface area contributed by atoms with Gasteiger partial charge in [0.15, 0.2) is 10.9 Å². The van der Waals surface area contributed by atoms with Gasteiger partial charge in [0.05, 0.1) is 34.0 Å². The van der Waals surface area contributed by atoms with Crippen LogP contribution < -0.4 is 10.5 Å². The minimum absolute atomic E-state index is 0.0305. The van der Waals surface area contributed by atoms with Gasteiger partial charge in [0, 0.05) is 38.3 Å². The first-order valence-electron chi connectivity index (χ1n) is 10.0. The van der Waals surface area contributed by atoms with Crippen molar-refractivity contribution in [1.82, 2.24) is 9.55 Å². The molecular weight excluding hydrogens is 431 g/mol. The summed E-state index contributed by atoms with van der Waals surface area (Å²) < 4.78 is 54.2. The Bertz CT molecular complexity index is 1170. The van der Waals surface area contributed by atoms with E-state index in [4.69, 9.17) is 9.47 Å². The molecule has 0 amide bonds. The number of nitrogens with zero attached hydrogens (tertiary/aromatic N) is 3. The Morgan fingerprint density at radius 3 is 2.52 bits per heavy atom. The number of anilines is 1. The van der Waals surface area contributed by atoms with E-state index in [1.165, 1.54) is 11.3 Å². The predicted molar refractivity (Wildman–Crippen MR) is 111 cm³/mol. The monoisotopic (exact) mass is 451 g/mol. The van der Waals surface area contributed by atoms with E-state index in [-0.39, 0.29) is 11.5 Å². The third-order valence-electron chi connectivity index (χ3n) is 5.69. The van der Waals surface area contributed by atoms with Gasteiger partial charge in [-0.3, -0.25) is 4.79 Å². The van der Waals surface area contributed by atoms with Crippen LogP contribution in [0.3, 0.4) is 0 Å². The number of hydrogen-bond donors (Lipinski definition) is 0. The first-order valence-corrected chi connectivity index (χ1v) is 10.8. The van der Waals surface area contributed by atoms with Crippen LogP contribution in [-0.4, -0.2) is 41.1 Å². The average Bonchev–Trinajstić information content (AvgIpc) is 3.38. The second kappa shape index (κ2) is 7.32. The molecule has 6 nitrogen and oxygen atoms in total. The zero-order valence-electron chi connectivity index (χ0n) is 16.7. The lowest BCUT2D eigenvalue weighted by atomic mass is 10.0. The number of halogens is 3. The Hall–Kier alpha value is -2.43. The molecule has 2 aliphatic rings. The van der Waals surface area contributed by atoms with Crippen LogP contribution in [0.15, 0.2) is 41.5 Å². The molecule has 0 aliphatic carbocycles. The van der Waals surface area contributed by atoms with Crippen molar-refractivity contribution in [1.29, 1.82) is 0 Å². The SMILES string of the molecule is C[C@H]1COC2(CCN(c3nc(=O)c4cc(C(F)(F)F)cc(-n5cccc5)c4s3)CC2)O1. The van der Waals surface area contributed by atoms with Gasteiger partial charge in [-0.2, -0.15) is 18.2 Å². The van der Waals surface area contributed by atoms with Crippen LogP contribution in [0.25, 0.3) is 15.8 Å². The summed E-state index contributed by atoms with van der Waals surface area (Å²) in [7, 11) is 0. The predicted octanol–water partition coefficient (Wildman–Crippen LogP) is 4.20. The second-order valence-corrected chi connectivity index (χ2v) is 8.88. The third-order valence-corrected chi connectivity index (χ3v) is 6.86. The minimum Gasteiger partial charge on any atom is -0.348 e. The highest BCUT2D eigenvalue weighted by Crippen LogP contribution is 2.39. The Balaban J connectivity index is 1.56. The molecule has 2 fully saturated rings. The molecule has 31 heavy (non-hydrogen) atoms. The van der Waals surface area contributed by atoms with Gasteiger partial charge in [-0.25, -0.2) is 0 Å². The third kappa shape index (κ3) is 3.72. The molecule has 0 bridgehead atoms. The van der Waals surface area contributed by atoms with E-state index in [0.29, 0.717) is 48.1 Å². The molecule has 2 aliphatic heterocycles. The van der Waals surface area contributed by atoms with Gasteiger partial charge in [0.1, 0.15) is 0 Å². The van der Waals surface area contributed by atoms with Crippen molar-refractivity contribution in [2.75, 3.05) is 24.6 Å². The molecule has 5 rings (SSSR count). The molecule has 3 aromatic rings. The molecule has 0 N–H and O–H groups in total. The molecule has 0 radical (unpaired) electrons. The summed E-state index contributed by atoms with van der Waals surface area (Å²) in [4.78, 5) is 18.9. The smallest absolute Gasteiger partial charge is 0.348 e. The molecule has 10 heteroatoms. The first-order chi connectivity index (χ1) is 14.7. The highest BCUT2D eigenvalue weighted by molar-refractivity contribution is 7.22. The fourth-order valence-corrected chi connectivity index (χ4v) is 5.28. The molecule has 1 aromatic carbocycles. The van der Waals surface area contributed by atoms with Gasteiger partial charge < -0.3 is 18.9 Å². The van der Waals surface area contributed by atoms with Gasteiger partial charge in [0.25, 0.3) is 5.56 Å². The largest absolute Gasteiger partial charge is 0.416 e. The van der Waals surface area contributed by atoms with Gasteiger partial charge in [-0.05, 0) is 31.2 Å². The van der Waals surface area contributed by atoms with Crippen LogP contribution >= 0.6 is 11.3 Å². The fourth-order valence-electron chi connectivity index (χ4n) is 4.13. The number of piperidine rings is 1. The van der Waals surface area contributed by atoms with E-state index in [0.717, 1.165) is 12.1 Å². The molecule has 2 saturated heterocycles. The highest BCUT2D eigenvalue weighted by Gasteiger charge is 2.43. The van der Waals surface area contributed by atoms with Crippen LogP contribution in [0.4, 0.5) is 18.3 Å². The van der Waals surface area contributed by atoms with Gasteiger partial charge in [-0.1, -0.05) is 11.3 Å².